The normalized spacial score (nSPS) is 26.5. The van der Waals surface area contributed by atoms with Crippen LogP contribution in [0.25, 0.3) is 0 Å². The Bertz CT molecular complexity index is 1180. The quantitative estimate of drug-likeness (QED) is 0.544. The molecule has 9 heteroatoms. The molecule has 0 spiro atoms. The average Bonchev–Trinajstić information content (AvgIpc) is 3.26. The Morgan fingerprint density at radius 2 is 1.56 bits per heavy atom. The van der Waals surface area contributed by atoms with Crippen molar-refractivity contribution >= 4 is 29.5 Å². The number of hydrogen-bond acceptors (Lipinski definition) is 5. The maximum absolute atomic E-state index is 13.6. The summed E-state index contributed by atoms with van der Waals surface area (Å²) in [5, 5.41) is 5.65. The molecule has 0 N–H and O–H groups in total. The van der Waals surface area contributed by atoms with Gasteiger partial charge < -0.3 is 0 Å². The summed E-state index contributed by atoms with van der Waals surface area (Å²) in [4.78, 5) is 40.8. The Morgan fingerprint density at radius 1 is 0.906 bits per heavy atom. The van der Waals surface area contributed by atoms with Crippen LogP contribution in [-0.4, -0.2) is 40.9 Å². The van der Waals surface area contributed by atoms with Crippen LogP contribution in [0.3, 0.4) is 0 Å². The topological polar surface area (TPSA) is 70.0 Å². The van der Waals surface area contributed by atoms with E-state index in [4.69, 9.17) is 0 Å². The van der Waals surface area contributed by atoms with Gasteiger partial charge in [-0.1, -0.05) is 48.5 Å². The van der Waals surface area contributed by atoms with E-state index in [1.165, 1.54) is 23.4 Å². The lowest BCUT2D eigenvalue weighted by molar-refractivity contribution is -0.137. The Kier molecular flexibility index (Phi) is 4.51. The third-order valence-corrected chi connectivity index (χ3v) is 6.07. The van der Waals surface area contributed by atoms with Gasteiger partial charge in [-0.2, -0.15) is 18.3 Å². The summed E-state index contributed by atoms with van der Waals surface area (Å²) in [7, 11) is 0. The smallest absolute Gasteiger partial charge is 0.292 e. The summed E-state index contributed by atoms with van der Waals surface area (Å²) in [5.41, 5.74) is -1.28. The van der Waals surface area contributed by atoms with Gasteiger partial charge in [-0.05, 0) is 18.2 Å². The van der Waals surface area contributed by atoms with Crippen molar-refractivity contribution in [3.63, 3.8) is 0 Å². The molecule has 3 heterocycles. The van der Waals surface area contributed by atoms with Crippen LogP contribution >= 0.6 is 0 Å². The fourth-order valence-electron chi connectivity index (χ4n) is 4.76. The van der Waals surface area contributed by atoms with Gasteiger partial charge in [0, 0.05) is 11.8 Å². The summed E-state index contributed by atoms with van der Waals surface area (Å²) < 4.78 is 40.8. The molecule has 0 bridgehead atoms. The number of carbonyl (C=O) groups excluding carboxylic acids is 3. The highest BCUT2D eigenvalue weighted by atomic mass is 19.4. The molecule has 2 aromatic carbocycles. The number of carbonyl (C=O) groups is 3. The van der Waals surface area contributed by atoms with E-state index < -0.39 is 58.9 Å². The molecule has 3 aliphatic rings. The number of alkyl halides is 3. The highest BCUT2D eigenvalue weighted by Crippen LogP contribution is 2.48. The van der Waals surface area contributed by atoms with Gasteiger partial charge in [0.05, 0.1) is 29.1 Å². The molecule has 6 nitrogen and oxygen atoms in total. The summed E-state index contributed by atoms with van der Waals surface area (Å²) in [5.74, 6) is -4.18. The zero-order chi connectivity index (χ0) is 22.6. The molecule has 2 amide bonds. The maximum Gasteiger partial charge on any atom is 0.418 e. The van der Waals surface area contributed by atoms with E-state index >= 15 is 0 Å². The lowest BCUT2D eigenvalue weighted by Crippen LogP contribution is -2.46. The number of rotatable bonds is 3. The fourth-order valence-corrected chi connectivity index (χ4v) is 4.76. The van der Waals surface area contributed by atoms with Gasteiger partial charge >= 0.3 is 6.18 Å². The average molecular weight is 439 g/mol. The highest BCUT2D eigenvalue weighted by Gasteiger charge is 2.64. The van der Waals surface area contributed by atoms with Crippen LogP contribution in [0.4, 0.5) is 18.9 Å². The van der Waals surface area contributed by atoms with Crippen LogP contribution in [0.1, 0.15) is 15.9 Å². The van der Waals surface area contributed by atoms with E-state index in [1.54, 1.807) is 42.5 Å². The van der Waals surface area contributed by atoms with Gasteiger partial charge in [-0.15, -0.1) is 0 Å². The molecule has 0 saturated carbocycles. The Morgan fingerprint density at radius 3 is 2.28 bits per heavy atom. The maximum atomic E-state index is 13.6. The number of allylic oxidation sites excluding steroid dienone is 1. The first-order valence-corrected chi connectivity index (χ1v) is 9.93. The van der Waals surface area contributed by atoms with Crippen molar-refractivity contribution in [3.8, 4) is 0 Å². The number of Topliss-reactive ketones (excluding diaryl/α,β-unsaturated/α-hetero) is 1. The molecule has 3 aliphatic heterocycles. The summed E-state index contributed by atoms with van der Waals surface area (Å²) in [6.07, 6.45) is -0.0609. The lowest BCUT2D eigenvalue weighted by Gasteiger charge is -2.30. The van der Waals surface area contributed by atoms with Crippen LogP contribution in [0.2, 0.25) is 0 Å². The molecular formula is C23H16F3N3O3. The molecular weight excluding hydrogens is 423 g/mol. The molecule has 162 valence electrons. The first kappa shape index (κ1) is 20.2. The van der Waals surface area contributed by atoms with Gasteiger partial charge in [0.15, 0.2) is 5.78 Å². The number of anilines is 1. The monoisotopic (exact) mass is 439 g/mol. The standard InChI is InChI=1S/C23H16F3N3O3/c24-23(25,26)14-9-4-5-10-15(14)28-21(31)17-16-11-6-12-27-29(16)19(18(17)22(28)32)20(30)13-7-2-1-3-8-13/h1-12,16-19H/t16-,17-,18+,19+/m1/s1. The van der Waals surface area contributed by atoms with Crippen molar-refractivity contribution in [1.29, 1.82) is 0 Å². The van der Waals surface area contributed by atoms with Crippen molar-refractivity contribution < 1.29 is 27.6 Å². The molecule has 2 fully saturated rings. The predicted molar refractivity (Wildman–Crippen MR) is 109 cm³/mol. The van der Waals surface area contributed by atoms with Crippen molar-refractivity contribution in [2.45, 2.75) is 18.3 Å². The molecule has 0 aromatic heterocycles. The van der Waals surface area contributed by atoms with Crippen molar-refractivity contribution in [2.24, 2.45) is 16.9 Å². The second-order valence-electron chi connectivity index (χ2n) is 7.77. The zero-order valence-electron chi connectivity index (χ0n) is 16.4. The summed E-state index contributed by atoms with van der Waals surface area (Å²) in [6.45, 7) is 0. The fraction of sp³-hybridized carbons (Fsp3) is 0.217. The minimum Gasteiger partial charge on any atom is -0.292 e. The number of imide groups is 1. The highest BCUT2D eigenvalue weighted by molar-refractivity contribution is 6.25. The van der Waals surface area contributed by atoms with Gasteiger partial charge in [0.25, 0.3) is 0 Å². The first-order chi connectivity index (χ1) is 15.3. The number of halogens is 3. The van der Waals surface area contributed by atoms with E-state index in [9.17, 15) is 27.6 Å². The summed E-state index contributed by atoms with van der Waals surface area (Å²) >= 11 is 0. The van der Waals surface area contributed by atoms with E-state index in [0.717, 1.165) is 12.1 Å². The number of para-hydroxylation sites is 1. The van der Waals surface area contributed by atoms with E-state index in [-0.39, 0.29) is 0 Å². The second-order valence-corrected chi connectivity index (χ2v) is 7.77. The van der Waals surface area contributed by atoms with Crippen LogP contribution in [-0.2, 0) is 15.8 Å². The largest absolute Gasteiger partial charge is 0.418 e. The predicted octanol–water partition coefficient (Wildman–Crippen LogP) is 3.30. The van der Waals surface area contributed by atoms with Crippen LogP contribution in [0, 0.1) is 11.8 Å². The Balaban J connectivity index is 1.61. The van der Waals surface area contributed by atoms with Gasteiger partial charge in [-0.25, -0.2) is 4.90 Å². The second kappa shape index (κ2) is 7.15. The molecule has 32 heavy (non-hydrogen) atoms. The number of ketones is 1. The first-order valence-electron chi connectivity index (χ1n) is 9.93. The minimum absolute atomic E-state index is 0.330. The lowest BCUT2D eigenvalue weighted by atomic mass is 9.86. The van der Waals surface area contributed by atoms with Gasteiger partial charge in [-0.3, -0.25) is 19.4 Å². The zero-order valence-corrected chi connectivity index (χ0v) is 16.4. The molecule has 0 radical (unpaired) electrons. The number of fused-ring (bicyclic) bond motifs is 3. The number of hydrazone groups is 1. The van der Waals surface area contributed by atoms with Crippen molar-refractivity contribution in [2.75, 3.05) is 4.90 Å². The molecule has 2 aromatic rings. The van der Waals surface area contributed by atoms with Gasteiger partial charge in [0.1, 0.15) is 6.04 Å². The Labute approximate surface area is 180 Å². The van der Waals surface area contributed by atoms with E-state index in [1.807, 2.05) is 0 Å². The van der Waals surface area contributed by atoms with Crippen LogP contribution in [0.15, 0.2) is 71.9 Å². The molecule has 4 atom stereocenters. The molecule has 2 saturated heterocycles. The van der Waals surface area contributed by atoms with E-state index in [2.05, 4.69) is 5.10 Å². The number of hydrogen-bond donors (Lipinski definition) is 0. The number of benzene rings is 2. The third-order valence-electron chi connectivity index (χ3n) is 6.07. The minimum atomic E-state index is -4.75. The number of amides is 2. The Hall–Kier alpha value is -3.75. The number of nitrogens with zero attached hydrogens (tertiary/aromatic N) is 3. The molecule has 0 aliphatic carbocycles. The van der Waals surface area contributed by atoms with Crippen LogP contribution < -0.4 is 4.90 Å². The van der Waals surface area contributed by atoms with Gasteiger partial charge in [0.2, 0.25) is 11.8 Å². The molecule has 5 rings (SSSR count). The molecule has 0 unspecified atom stereocenters. The van der Waals surface area contributed by atoms with Crippen molar-refractivity contribution in [1.82, 2.24) is 5.01 Å². The van der Waals surface area contributed by atoms with Crippen molar-refractivity contribution in [3.05, 3.63) is 77.9 Å². The van der Waals surface area contributed by atoms with E-state index in [0.29, 0.717) is 10.5 Å². The van der Waals surface area contributed by atoms with Crippen LogP contribution in [0.5, 0.6) is 0 Å². The third kappa shape index (κ3) is 2.88. The summed E-state index contributed by atoms with van der Waals surface area (Å²) in [6, 6.07) is 10.9. The SMILES string of the molecule is O=C(c1ccccc1)[C@@H]1[C@H]2C(=O)N(c3ccccc3C(F)(F)F)C(=O)[C@@H]2[C@H]2C=CC=NN21.